The van der Waals surface area contributed by atoms with Crippen LogP contribution in [0.2, 0.25) is 0 Å². The summed E-state index contributed by atoms with van der Waals surface area (Å²) >= 11 is 3.42. The Morgan fingerprint density at radius 1 is 1.45 bits per heavy atom. The number of methoxy groups -OCH3 is 1. The van der Waals surface area contributed by atoms with Gasteiger partial charge in [0.15, 0.2) is 5.78 Å². The normalized spacial score (nSPS) is 11.0. The molecule has 20 heavy (non-hydrogen) atoms. The quantitative estimate of drug-likeness (QED) is 0.635. The Bertz CT molecular complexity index is 675. The van der Waals surface area contributed by atoms with Crippen LogP contribution in [0, 0.1) is 6.92 Å². The molecule has 0 saturated carbocycles. The predicted molar refractivity (Wildman–Crippen MR) is 82.0 cm³/mol. The van der Waals surface area contributed by atoms with Crippen molar-refractivity contribution in [3.05, 3.63) is 51.8 Å². The highest BCUT2D eigenvalue weighted by Crippen LogP contribution is 2.26. The van der Waals surface area contributed by atoms with Crippen molar-refractivity contribution in [1.29, 1.82) is 0 Å². The first kappa shape index (κ1) is 14.5. The van der Waals surface area contributed by atoms with Gasteiger partial charge in [-0.25, -0.2) is 0 Å². The number of halogens is 1. The smallest absolute Gasteiger partial charge is 0.189 e. The van der Waals surface area contributed by atoms with Crippen LogP contribution in [0.5, 0.6) is 5.75 Å². The third kappa shape index (κ3) is 3.17. The van der Waals surface area contributed by atoms with Gasteiger partial charge in [-0.2, -0.15) is 5.10 Å². The molecule has 5 heteroatoms. The van der Waals surface area contributed by atoms with Crippen LogP contribution < -0.4 is 4.74 Å². The van der Waals surface area contributed by atoms with Crippen LogP contribution in [-0.2, 0) is 7.05 Å². The molecule has 104 valence electrons. The van der Waals surface area contributed by atoms with E-state index in [1.54, 1.807) is 37.2 Å². The molecule has 1 aromatic carbocycles. The zero-order valence-corrected chi connectivity index (χ0v) is 13.1. The van der Waals surface area contributed by atoms with Crippen LogP contribution in [-0.4, -0.2) is 22.7 Å². The number of nitrogens with zero attached hydrogens (tertiary/aromatic N) is 2. The van der Waals surface area contributed by atoms with Crippen LogP contribution >= 0.6 is 15.9 Å². The highest BCUT2D eigenvalue weighted by atomic mass is 79.9. The van der Waals surface area contributed by atoms with Crippen molar-refractivity contribution in [3.8, 4) is 5.75 Å². The SMILES string of the molecule is COc1ccc(/C=C/C(=O)c2cn(C)nc2C)cc1Br. The Morgan fingerprint density at radius 3 is 2.75 bits per heavy atom. The summed E-state index contributed by atoms with van der Waals surface area (Å²) in [5.74, 6) is 0.708. The lowest BCUT2D eigenvalue weighted by molar-refractivity contribution is 0.104. The van der Waals surface area contributed by atoms with Gasteiger partial charge < -0.3 is 4.74 Å². The van der Waals surface area contributed by atoms with Gasteiger partial charge in [0.1, 0.15) is 5.75 Å². The van der Waals surface area contributed by atoms with E-state index in [0.717, 1.165) is 21.5 Å². The summed E-state index contributed by atoms with van der Waals surface area (Å²) in [6.07, 6.45) is 5.06. The van der Waals surface area contributed by atoms with Gasteiger partial charge in [0.2, 0.25) is 0 Å². The molecule has 0 radical (unpaired) electrons. The molecule has 2 aromatic rings. The monoisotopic (exact) mass is 334 g/mol. The van der Waals surface area contributed by atoms with E-state index >= 15 is 0 Å². The fourth-order valence-electron chi connectivity index (χ4n) is 1.89. The van der Waals surface area contributed by atoms with Crippen LogP contribution in [0.3, 0.4) is 0 Å². The van der Waals surface area contributed by atoms with E-state index < -0.39 is 0 Å². The van der Waals surface area contributed by atoms with Gasteiger partial charge in [0.25, 0.3) is 0 Å². The zero-order chi connectivity index (χ0) is 14.7. The third-order valence-electron chi connectivity index (χ3n) is 2.88. The lowest BCUT2D eigenvalue weighted by Crippen LogP contribution is -1.94. The molecule has 1 heterocycles. The first-order chi connectivity index (χ1) is 9.51. The Hall–Kier alpha value is -1.88. The van der Waals surface area contributed by atoms with Gasteiger partial charge in [-0.05, 0) is 46.6 Å². The number of aryl methyl sites for hydroxylation is 2. The maximum Gasteiger partial charge on any atom is 0.189 e. The second-order valence-corrected chi connectivity index (χ2v) is 5.25. The number of allylic oxidation sites excluding steroid dienone is 1. The maximum atomic E-state index is 12.1. The van der Waals surface area contributed by atoms with Gasteiger partial charge in [-0.15, -0.1) is 0 Å². The summed E-state index contributed by atoms with van der Waals surface area (Å²) in [5, 5.41) is 4.16. The molecule has 4 nitrogen and oxygen atoms in total. The third-order valence-corrected chi connectivity index (χ3v) is 3.50. The first-order valence-corrected chi connectivity index (χ1v) is 6.86. The number of rotatable bonds is 4. The van der Waals surface area contributed by atoms with Crippen LogP contribution in [0.15, 0.2) is 34.9 Å². The number of carbonyl (C=O) groups is 1. The minimum absolute atomic E-state index is 0.0532. The molecule has 0 amide bonds. The zero-order valence-electron chi connectivity index (χ0n) is 11.6. The molecular weight excluding hydrogens is 320 g/mol. The van der Waals surface area contributed by atoms with Crippen LogP contribution in [0.25, 0.3) is 6.08 Å². The Balaban J connectivity index is 2.19. The molecule has 0 aliphatic heterocycles. The molecule has 0 N–H and O–H groups in total. The highest BCUT2D eigenvalue weighted by Gasteiger charge is 2.09. The summed E-state index contributed by atoms with van der Waals surface area (Å²) in [6, 6.07) is 5.64. The summed E-state index contributed by atoms with van der Waals surface area (Å²) in [5.41, 5.74) is 2.28. The van der Waals surface area contributed by atoms with Crippen molar-refractivity contribution in [2.24, 2.45) is 7.05 Å². The number of ether oxygens (including phenoxy) is 1. The van der Waals surface area contributed by atoms with Crippen molar-refractivity contribution in [2.45, 2.75) is 6.92 Å². The van der Waals surface area contributed by atoms with E-state index in [-0.39, 0.29) is 5.78 Å². The fourth-order valence-corrected chi connectivity index (χ4v) is 2.45. The van der Waals surface area contributed by atoms with Crippen LogP contribution in [0.4, 0.5) is 0 Å². The molecule has 0 aliphatic rings. The summed E-state index contributed by atoms with van der Waals surface area (Å²) < 4.78 is 7.66. The Labute approximate surface area is 126 Å². The molecule has 0 unspecified atom stereocenters. The van der Waals surface area contributed by atoms with E-state index in [1.807, 2.05) is 25.1 Å². The summed E-state index contributed by atoms with van der Waals surface area (Å²) in [4.78, 5) is 12.1. The molecule has 0 fully saturated rings. The van der Waals surface area contributed by atoms with Gasteiger partial charge in [0, 0.05) is 13.2 Å². The van der Waals surface area contributed by atoms with E-state index in [2.05, 4.69) is 21.0 Å². The van der Waals surface area contributed by atoms with Crippen molar-refractivity contribution >= 4 is 27.8 Å². The average molecular weight is 335 g/mol. The standard InChI is InChI=1S/C15H15BrN2O2/c1-10-12(9-18(2)17-10)14(19)6-4-11-5-7-15(20-3)13(16)8-11/h4-9H,1-3H3/b6-4+. The molecule has 1 aromatic heterocycles. The Morgan fingerprint density at radius 2 is 2.20 bits per heavy atom. The van der Waals surface area contributed by atoms with E-state index in [9.17, 15) is 4.79 Å². The molecule has 0 bridgehead atoms. The van der Waals surface area contributed by atoms with Crippen molar-refractivity contribution in [2.75, 3.05) is 7.11 Å². The fraction of sp³-hybridized carbons (Fsp3) is 0.200. The van der Waals surface area contributed by atoms with Gasteiger partial charge in [-0.3, -0.25) is 9.48 Å². The number of carbonyl (C=O) groups excluding carboxylic acids is 1. The van der Waals surface area contributed by atoms with E-state index in [0.29, 0.717) is 5.56 Å². The number of hydrogen-bond donors (Lipinski definition) is 0. The minimum atomic E-state index is -0.0532. The second kappa shape index (κ2) is 6.05. The molecule has 0 saturated heterocycles. The van der Waals surface area contributed by atoms with Gasteiger partial charge in [-0.1, -0.05) is 12.1 Å². The van der Waals surface area contributed by atoms with Gasteiger partial charge >= 0.3 is 0 Å². The number of benzene rings is 1. The molecule has 0 aliphatic carbocycles. The minimum Gasteiger partial charge on any atom is -0.496 e. The molecule has 2 rings (SSSR count). The van der Waals surface area contributed by atoms with E-state index in [1.165, 1.54) is 0 Å². The lowest BCUT2D eigenvalue weighted by Gasteiger charge is -2.03. The number of aromatic nitrogens is 2. The predicted octanol–water partition coefficient (Wildman–Crippen LogP) is 3.40. The molecular formula is C15H15BrN2O2. The van der Waals surface area contributed by atoms with Crippen molar-refractivity contribution < 1.29 is 9.53 Å². The second-order valence-electron chi connectivity index (χ2n) is 4.39. The van der Waals surface area contributed by atoms with Crippen molar-refractivity contribution in [3.63, 3.8) is 0 Å². The van der Waals surface area contributed by atoms with E-state index in [4.69, 9.17) is 4.74 Å². The summed E-state index contributed by atoms with van der Waals surface area (Å²) in [6.45, 7) is 1.82. The lowest BCUT2D eigenvalue weighted by atomic mass is 10.1. The average Bonchev–Trinajstić information content (AvgIpc) is 2.75. The van der Waals surface area contributed by atoms with Crippen LogP contribution in [0.1, 0.15) is 21.6 Å². The Kier molecular flexibility index (Phi) is 4.39. The number of ketones is 1. The number of hydrogen-bond acceptors (Lipinski definition) is 3. The molecule has 0 spiro atoms. The maximum absolute atomic E-state index is 12.1. The highest BCUT2D eigenvalue weighted by molar-refractivity contribution is 9.10. The van der Waals surface area contributed by atoms with Crippen molar-refractivity contribution in [1.82, 2.24) is 9.78 Å². The molecule has 0 atom stereocenters. The topological polar surface area (TPSA) is 44.1 Å². The largest absolute Gasteiger partial charge is 0.496 e. The van der Waals surface area contributed by atoms with Gasteiger partial charge in [0.05, 0.1) is 22.8 Å². The first-order valence-electron chi connectivity index (χ1n) is 6.07. The summed E-state index contributed by atoms with van der Waals surface area (Å²) in [7, 11) is 3.42.